The number of rotatable bonds is 3. The number of ketones is 1. The number of carbonyl (C=O) groups is 2. The maximum Gasteiger partial charge on any atom is 0.302 e. The van der Waals surface area contributed by atoms with E-state index in [2.05, 4.69) is 61.1 Å². The van der Waals surface area contributed by atoms with Gasteiger partial charge in [-0.15, -0.1) is 6.58 Å². The molecule has 0 aromatic rings. The Bertz CT molecular complexity index is 1020. The van der Waals surface area contributed by atoms with Gasteiger partial charge in [0.05, 0.1) is 0 Å². The number of ether oxygens (including phenoxy) is 1. The molecule has 0 N–H and O–H groups in total. The van der Waals surface area contributed by atoms with E-state index in [0.717, 1.165) is 24.8 Å². The summed E-state index contributed by atoms with van der Waals surface area (Å²) in [5.74, 6) is 2.25. The van der Waals surface area contributed by atoms with E-state index >= 15 is 0 Å². The molecule has 3 heteroatoms. The van der Waals surface area contributed by atoms with Gasteiger partial charge in [0.1, 0.15) is 6.10 Å². The number of hydrogen-bond acceptors (Lipinski definition) is 3. The maximum absolute atomic E-state index is 13.4. The van der Waals surface area contributed by atoms with Crippen molar-refractivity contribution in [3.63, 3.8) is 0 Å². The van der Waals surface area contributed by atoms with E-state index in [1.165, 1.54) is 37.7 Å². The zero-order chi connectivity index (χ0) is 26.5. The summed E-state index contributed by atoms with van der Waals surface area (Å²) < 4.78 is 5.90. The van der Waals surface area contributed by atoms with Gasteiger partial charge >= 0.3 is 5.97 Å². The zero-order valence-electron chi connectivity index (χ0n) is 24.3. The van der Waals surface area contributed by atoms with Crippen LogP contribution >= 0.6 is 0 Å². The number of allylic oxidation sites excluding steroid dienone is 3. The quantitative estimate of drug-likeness (QED) is 0.294. The Morgan fingerprint density at radius 2 is 1.64 bits per heavy atom. The Morgan fingerprint density at radius 1 is 0.944 bits per heavy atom. The molecule has 200 valence electrons. The molecule has 0 aromatic heterocycles. The van der Waals surface area contributed by atoms with Crippen molar-refractivity contribution < 1.29 is 14.3 Å². The van der Waals surface area contributed by atoms with Crippen molar-refractivity contribution in [2.75, 3.05) is 0 Å². The van der Waals surface area contributed by atoms with Crippen LogP contribution in [0, 0.1) is 50.7 Å². The Morgan fingerprint density at radius 3 is 2.25 bits per heavy atom. The molecule has 5 aliphatic carbocycles. The van der Waals surface area contributed by atoms with Crippen molar-refractivity contribution >= 4 is 11.8 Å². The minimum absolute atomic E-state index is 0.00642. The molecule has 8 atom stereocenters. The third kappa shape index (κ3) is 3.16. The van der Waals surface area contributed by atoms with Gasteiger partial charge in [0, 0.05) is 24.2 Å². The van der Waals surface area contributed by atoms with E-state index < -0.39 is 0 Å². The van der Waals surface area contributed by atoms with E-state index in [0.29, 0.717) is 30.0 Å². The second kappa shape index (κ2) is 8.06. The van der Waals surface area contributed by atoms with Gasteiger partial charge in [-0.3, -0.25) is 9.59 Å². The first-order chi connectivity index (χ1) is 16.7. The predicted octanol–water partition coefficient (Wildman–Crippen LogP) is 8.08. The molecule has 5 rings (SSSR count). The molecule has 0 saturated heterocycles. The van der Waals surface area contributed by atoms with E-state index in [1.807, 2.05) is 0 Å². The molecule has 3 nitrogen and oxygen atoms in total. The van der Waals surface area contributed by atoms with Crippen LogP contribution in [0.15, 0.2) is 23.8 Å². The van der Waals surface area contributed by atoms with Gasteiger partial charge in [-0.05, 0) is 102 Å². The summed E-state index contributed by atoms with van der Waals surface area (Å²) in [6.45, 7) is 22.8. The van der Waals surface area contributed by atoms with Crippen molar-refractivity contribution in [1.82, 2.24) is 0 Å². The molecule has 0 bridgehead atoms. The Kier molecular flexibility index (Phi) is 5.87. The normalized spacial score (nSPS) is 47.5. The second-order valence-electron chi connectivity index (χ2n) is 15.0. The molecule has 5 aliphatic rings. The highest BCUT2D eigenvalue weighted by molar-refractivity contribution is 6.01. The highest BCUT2D eigenvalue weighted by Crippen LogP contribution is 2.76. The van der Waals surface area contributed by atoms with Gasteiger partial charge in [-0.25, -0.2) is 0 Å². The van der Waals surface area contributed by atoms with Crippen LogP contribution in [0.2, 0.25) is 0 Å². The molecule has 0 heterocycles. The third-order valence-electron chi connectivity index (χ3n) is 13.1. The summed E-state index contributed by atoms with van der Waals surface area (Å²) in [6.07, 6.45) is 12.1. The molecular formula is C33H50O3. The van der Waals surface area contributed by atoms with Crippen molar-refractivity contribution in [3.05, 3.63) is 23.8 Å². The Balaban J connectivity index is 1.56. The minimum Gasteiger partial charge on any atom is -0.462 e. The van der Waals surface area contributed by atoms with Crippen LogP contribution < -0.4 is 0 Å². The lowest BCUT2D eigenvalue weighted by atomic mass is 9.33. The average Bonchev–Trinajstić information content (AvgIpc) is 3.09. The lowest BCUT2D eigenvalue weighted by Gasteiger charge is -2.72. The van der Waals surface area contributed by atoms with Gasteiger partial charge in [-0.2, -0.15) is 0 Å². The predicted molar refractivity (Wildman–Crippen MR) is 145 cm³/mol. The van der Waals surface area contributed by atoms with Crippen LogP contribution in [0.4, 0.5) is 0 Å². The van der Waals surface area contributed by atoms with Gasteiger partial charge in [-0.1, -0.05) is 54.5 Å². The fraction of sp³-hybridized carbons (Fsp3) is 0.818. The van der Waals surface area contributed by atoms with Crippen molar-refractivity contribution in [2.24, 2.45) is 50.7 Å². The Hall–Kier alpha value is -1.38. The standard InChI is InChI=1S/C33H50O3/c1-10-33-18-17-31(8)22(28(33)27(20(2)3)23(35)19-33)11-12-25-30(7)15-14-26(36-21(4)34)29(5,6)24(30)13-16-32(25,31)9/h10,20,22,24-26H,1,11-19H2,2-9H3/t22-,24+,25-,26+,30+,31-,32-,33+/m1/s1. The fourth-order valence-corrected chi connectivity index (χ4v) is 11.3. The topological polar surface area (TPSA) is 43.4 Å². The number of hydrogen-bond donors (Lipinski definition) is 0. The monoisotopic (exact) mass is 494 g/mol. The lowest BCUT2D eigenvalue weighted by Crippen LogP contribution is -2.65. The van der Waals surface area contributed by atoms with Crippen molar-refractivity contribution in [3.8, 4) is 0 Å². The van der Waals surface area contributed by atoms with E-state index in [-0.39, 0.29) is 45.1 Å². The maximum atomic E-state index is 13.4. The first kappa shape index (κ1) is 26.2. The highest BCUT2D eigenvalue weighted by Gasteiger charge is 2.69. The van der Waals surface area contributed by atoms with Crippen LogP contribution in [0.5, 0.6) is 0 Å². The molecule has 36 heavy (non-hydrogen) atoms. The molecule has 4 fully saturated rings. The third-order valence-corrected chi connectivity index (χ3v) is 13.1. The first-order valence-electron chi connectivity index (χ1n) is 14.8. The first-order valence-corrected chi connectivity index (χ1v) is 14.8. The summed E-state index contributed by atoms with van der Waals surface area (Å²) in [5, 5.41) is 0. The van der Waals surface area contributed by atoms with Crippen molar-refractivity contribution in [2.45, 2.75) is 119 Å². The SMILES string of the molecule is C=C[C@@]12CC[C@]3(C)[C@H](CC[C@@H]4[C@@]5(C)CC[C@H](OC(C)=O)C(C)(C)[C@@H]5CC[C@]43C)C1=C(C(C)C)C(=O)C2. The van der Waals surface area contributed by atoms with Gasteiger partial charge in [0.2, 0.25) is 0 Å². The lowest BCUT2D eigenvalue weighted by molar-refractivity contribution is -0.232. The summed E-state index contributed by atoms with van der Waals surface area (Å²) in [7, 11) is 0. The molecule has 4 saturated carbocycles. The van der Waals surface area contributed by atoms with E-state index in [4.69, 9.17) is 4.74 Å². The number of fused-ring (bicyclic) bond motifs is 7. The summed E-state index contributed by atoms with van der Waals surface area (Å²) in [4.78, 5) is 25.3. The highest BCUT2D eigenvalue weighted by atomic mass is 16.5. The van der Waals surface area contributed by atoms with Crippen LogP contribution in [0.25, 0.3) is 0 Å². The van der Waals surface area contributed by atoms with Crippen LogP contribution in [-0.2, 0) is 14.3 Å². The molecule has 0 aliphatic heterocycles. The number of esters is 1. The molecule has 0 unspecified atom stereocenters. The zero-order valence-corrected chi connectivity index (χ0v) is 24.3. The number of carbonyl (C=O) groups excluding carboxylic acids is 2. The van der Waals surface area contributed by atoms with Crippen LogP contribution in [0.1, 0.15) is 113 Å². The van der Waals surface area contributed by atoms with Gasteiger partial charge in [0.15, 0.2) is 5.78 Å². The summed E-state index contributed by atoms with van der Waals surface area (Å²) in [5.41, 5.74) is 3.25. The largest absolute Gasteiger partial charge is 0.462 e. The molecule has 0 aromatic carbocycles. The average molecular weight is 495 g/mol. The molecule has 0 radical (unpaired) electrons. The van der Waals surface area contributed by atoms with Crippen LogP contribution in [-0.4, -0.2) is 17.9 Å². The second-order valence-corrected chi connectivity index (χ2v) is 15.0. The molecule has 0 spiro atoms. The van der Waals surface area contributed by atoms with E-state index in [9.17, 15) is 9.59 Å². The Labute approximate surface area is 219 Å². The smallest absolute Gasteiger partial charge is 0.302 e. The summed E-state index contributed by atoms with van der Waals surface area (Å²) >= 11 is 0. The van der Waals surface area contributed by atoms with Gasteiger partial charge in [0.25, 0.3) is 0 Å². The van der Waals surface area contributed by atoms with E-state index in [1.54, 1.807) is 6.92 Å². The molecule has 0 amide bonds. The van der Waals surface area contributed by atoms with Gasteiger partial charge < -0.3 is 4.74 Å². The molecular weight excluding hydrogens is 444 g/mol. The summed E-state index contributed by atoms with van der Waals surface area (Å²) in [6, 6.07) is 0. The van der Waals surface area contributed by atoms with Crippen molar-refractivity contribution in [1.29, 1.82) is 0 Å². The number of Topliss-reactive ketones (excluding diaryl/α,β-unsaturated/α-hetero) is 1. The van der Waals surface area contributed by atoms with Crippen LogP contribution in [0.3, 0.4) is 0 Å². The minimum atomic E-state index is -0.140. The fourth-order valence-electron chi connectivity index (χ4n) is 11.3.